The first-order valence-corrected chi connectivity index (χ1v) is 6.87. The van der Waals surface area contributed by atoms with Gasteiger partial charge in [0.1, 0.15) is 24.1 Å². The number of aliphatic hydroxyl groups is 3. The van der Waals surface area contributed by atoms with Crippen LogP contribution in [0.4, 0.5) is 14.5 Å². The topological polar surface area (TPSA) is 91.2 Å². The number of ether oxygens (including phenoxy) is 2. The van der Waals surface area contributed by atoms with Gasteiger partial charge in [-0.05, 0) is 31.2 Å². The van der Waals surface area contributed by atoms with Crippen LogP contribution in [0.15, 0.2) is 24.3 Å². The number of benzene rings is 1. The molecule has 1 aliphatic rings. The SMILES string of the molecule is C[C@H]1O[C@@H](Nc2ccc(OC(F)(F)Cl)cc2)[C@@H](O)[C@@H](O)[C@@H]1O. The molecule has 0 radical (unpaired) electrons. The molecule has 22 heavy (non-hydrogen) atoms. The van der Waals surface area contributed by atoms with Gasteiger partial charge in [0, 0.05) is 17.3 Å². The van der Waals surface area contributed by atoms with Crippen molar-refractivity contribution in [3.8, 4) is 5.75 Å². The zero-order valence-electron chi connectivity index (χ0n) is 11.5. The summed E-state index contributed by atoms with van der Waals surface area (Å²) in [5.74, 6) is -0.139. The van der Waals surface area contributed by atoms with Gasteiger partial charge in [-0.1, -0.05) is 0 Å². The fourth-order valence-corrected chi connectivity index (χ4v) is 2.18. The summed E-state index contributed by atoms with van der Waals surface area (Å²) in [6.07, 6.45) is -5.56. The van der Waals surface area contributed by atoms with E-state index >= 15 is 0 Å². The van der Waals surface area contributed by atoms with Crippen LogP contribution < -0.4 is 10.1 Å². The Balaban J connectivity index is 2.01. The van der Waals surface area contributed by atoms with Crippen LogP contribution >= 0.6 is 11.6 Å². The molecule has 9 heteroatoms. The Morgan fingerprint density at radius 1 is 1.14 bits per heavy atom. The maximum atomic E-state index is 12.5. The molecule has 0 amide bonds. The Bertz CT molecular complexity index is 498. The van der Waals surface area contributed by atoms with Crippen molar-refractivity contribution in [1.82, 2.24) is 0 Å². The quantitative estimate of drug-likeness (QED) is 0.614. The molecule has 1 saturated heterocycles. The Morgan fingerprint density at radius 3 is 2.27 bits per heavy atom. The molecule has 1 aromatic carbocycles. The number of nitrogens with one attached hydrogen (secondary N) is 1. The zero-order valence-corrected chi connectivity index (χ0v) is 12.2. The van der Waals surface area contributed by atoms with Crippen molar-refractivity contribution in [2.45, 2.75) is 43.1 Å². The lowest BCUT2D eigenvalue weighted by Gasteiger charge is -2.39. The second kappa shape index (κ2) is 6.51. The van der Waals surface area contributed by atoms with E-state index < -0.39 is 36.2 Å². The van der Waals surface area contributed by atoms with E-state index in [-0.39, 0.29) is 5.75 Å². The minimum Gasteiger partial charge on any atom is -0.420 e. The average molecular weight is 340 g/mol. The van der Waals surface area contributed by atoms with Crippen molar-refractivity contribution in [2.75, 3.05) is 5.32 Å². The molecule has 0 aromatic heterocycles. The normalized spacial score (nSPS) is 32.6. The molecule has 1 aromatic rings. The second-order valence-corrected chi connectivity index (χ2v) is 5.39. The molecule has 6 nitrogen and oxygen atoms in total. The smallest absolute Gasteiger partial charge is 0.420 e. The van der Waals surface area contributed by atoms with E-state index in [4.69, 9.17) is 4.74 Å². The van der Waals surface area contributed by atoms with Crippen molar-refractivity contribution >= 4 is 17.3 Å². The lowest BCUT2D eigenvalue weighted by molar-refractivity contribution is -0.209. The van der Waals surface area contributed by atoms with Gasteiger partial charge in [0.2, 0.25) is 0 Å². The molecular weight excluding hydrogens is 324 g/mol. The van der Waals surface area contributed by atoms with Crippen LogP contribution in [0.5, 0.6) is 5.75 Å². The molecule has 4 N–H and O–H groups in total. The number of alkyl halides is 3. The van der Waals surface area contributed by atoms with Crippen LogP contribution in [0.2, 0.25) is 0 Å². The first-order valence-electron chi connectivity index (χ1n) is 6.49. The predicted octanol–water partition coefficient (Wildman–Crippen LogP) is 1.09. The molecule has 0 bridgehead atoms. The highest BCUT2D eigenvalue weighted by atomic mass is 35.5. The molecular formula is C13H16ClF2NO5. The third kappa shape index (κ3) is 4.17. The minimum absolute atomic E-state index is 0.139. The van der Waals surface area contributed by atoms with E-state index in [9.17, 15) is 24.1 Å². The van der Waals surface area contributed by atoms with E-state index in [0.717, 1.165) is 0 Å². The van der Waals surface area contributed by atoms with Gasteiger partial charge in [-0.3, -0.25) is 0 Å². The number of halogens is 3. The first kappa shape index (κ1) is 17.2. The second-order valence-electron chi connectivity index (χ2n) is 4.95. The lowest BCUT2D eigenvalue weighted by atomic mass is 9.99. The third-order valence-electron chi connectivity index (χ3n) is 3.25. The number of hydrogen-bond acceptors (Lipinski definition) is 6. The first-order chi connectivity index (χ1) is 10.2. The molecule has 124 valence electrons. The van der Waals surface area contributed by atoms with Gasteiger partial charge < -0.3 is 30.1 Å². The summed E-state index contributed by atoms with van der Waals surface area (Å²) in [6, 6.07) is 5.33. The van der Waals surface area contributed by atoms with E-state index in [0.29, 0.717) is 5.69 Å². The number of hydrogen-bond donors (Lipinski definition) is 4. The Labute approximate surface area is 130 Å². The standard InChI is InChI=1S/C13H16ClF2NO5/c1-6-9(18)10(19)11(20)12(21-6)17-7-2-4-8(5-3-7)22-13(14,15)16/h2-6,9-12,17-20H,1H3/t6-,9-,10+,11+,12-/m1/s1. The van der Waals surface area contributed by atoms with E-state index in [1.54, 1.807) is 6.92 Å². The Hall–Kier alpha value is -1.19. The molecule has 1 fully saturated rings. The summed E-state index contributed by atoms with van der Waals surface area (Å²) >= 11 is 4.65. The van der Waals surface area contributed by atoms with Gasteiger partial charge >= 0.3 is 5.57 Å². The predicted molar refractivity (Wildman–Crippen MR) is 73.8 cm³/mol. The van der Waals surface area contributed by atoms with Gasteiger partial charge in [0.15, 0.2) is 6.23 Å². The maximum absolute atomic E-state index is 12.5. The fourth-order valence-electron chi connectivity index (χ4n) is 2.09. The van der Waals surface area contributed by atoms with Crippen molar-refractivity contribution < 1.29 is 33.6 Å². The highest BCUT2D eigenvalue weighted by Crippen LogP contribution is 2.27. The number of rotatable bonds is 4. The monoisotopic (exact) mass is 339 g/mol. The fraction of sp³-hybridized carbons (Fsp3) is 0.538. The molecule has 1 heterocycles. The third-order valence-corrected chi connectivity index (χ3v) is 3.33. The van der Waals surface area contributed by atoms with Gasteiger partial charge in [0.05, 0.1) is 6.10 Å². The average Bonchev–Trinajstić information content (AvgIpc) is 2.43. The molecule has 2 rings (SSSR count). The van der Waals surface area contributed by atoms with Gasteiger partial charge in [-0.25, -0.2) is 0 Å². The summed E-state index contributed by atoms with van der Waals surface area (Å²) in [5.41, 5.74) is -3.36. The molecule has 0 aliphatic carbocycles. The summed E-state index contributed by atoms with van der Waals surface area (Å²) in [6.45, 7) is 1.55. The van der Waals surface area contributed by atoms with Crippen LogP contribution in [0.25, 0.3) is 0 Å². The largest absolute Gasteiger partial charge is 0.487 e. The number of aliphatic hydroxyl groups excluding tert-OH is 3. The molecule has 0 spiro atoms. The van der Waals surface area contributed by atoms with Crippen molar-refractivity contribution in [3.05, 3.63) is 24.3 Å². The Kier molecular flexibility index (Phi) is 5.08. The van der Waals surface area contributed by atoms with E-state index in [1.165, 1.54) is 24.3 Å². The van der Waals surface area contributed by atoms with Gasteiger partial charge in [-0.2, -0.15) is 0 Å². The molecule has 0 unspecified atom stereocenters. The van der Waals surface area contributed by atoms with Crippen molar-refractivity contribution in [1.29, 1.82) is 0 Å². The van der Waals surface area contributed by atoms with Crippen LogP contribution in [0.1, 0.15) is 6.92 Å². The zero-order chi connectivity index (χ0) is 16.5. The molecule has 1 aliphatic heterocycles. The summed E-state index contributed by atoms with van der Waals surface area (Å²) < 4.78 is 34.5. The maximum Gasteiger partial charge on any atom is 0.487 e. The van der Waals surface area contributed by atoms with Crippen molar-refractivity contribution in [3.63, 3.8) is 0 Å². The highest BCUT2D eigenvalue weighted by molar-refractivity contribution is 6.20. The Morgan fingerprint density at radius 2 is 1.73 bits per heavy atom. The van der Waals surface area contributed by atoms with Gasteiger partial charge in [0.25, 0.3) is 0 Å². The van der Waals surface area contributed by atoms with E-state index in [1.807, 2.05) is 0 Å². The van der Waals surface area contributed by atoms with Crippen LogP contribution in [0.3, 0.4) is 0 Å². The van der Waals surface area contributed by atoms with Crippen LogP contribution in [-0.2, 0) is 4.74 Å². The summed E-state index contributed by atoms with van der Waals surface area (Å²) in [5, 5.41) is 31.9. The van der Waals surface area contributed by atoms with Crippen molar-refractivity contribution in [2.24, 2.45) is 0 Å². The van der Waals surface area contributed by atoms with Crippen LogP contribution in [-0.4, -0.2) is 51.5 Å². The minimum atomic E-state index is -3.80. The summed E-state index contributed by atoms with van der Waals surface area (Å²) in [7, 11) is 0. The molecule has 5 atom stereocenters. The van der Waals surface area contributed by atoms with Gasteiger partial charge in [-0.15, -0.1) is 8.78 Å². The van der Waals surface area contributed by atoms with E-state index in [2.05, 4.69) is 21.7 Å². The number of anilines is 1. The molecule has 0 saturated carbocycles. The highest BCUT2D eigenvalue weighted by Gasteiger charge is 2.41. The summed E-state index contributed by atoms with van der Waals surface area (Å²) in [4.78, 5) is 0. The lowest BCUT2D eigenvalue weighted by Crippen LogP contribution is -2.58. The van der Waals surface area contributed by atoms with Crippen LogP contribution in [0, 0.1) is 0 Å².